The highest BCUT2D eigenvalue weighted by Gasteiger charge is 2.05. The predicted molar refractivity (Wildman–Crippen MR) is 67.7 cm³/mol. The summed E-state index contributed by atoms with van der Waals surface area (Å²) in [5.41, 5.74) is 0.872. The van der Waals surface area contributed by atoms with Crippen molar-refractivity contribution in [2.24, 2.45) is 0 Å². The normalized spacial score (nSPS) is 10.6. The summed E-state index contributed by atoms with van der Waals surface area (Å²) in [6, 6.07) is 3.72. The van der Waals surface area contributed by atoms with Crippen LogP contribution in [0, 0.1) is 0 Å². The number of rotatable bonds is 4. The topological polar surface area (TPSA) is 37.8 Å². The van der Waals surface area contributed by atoms with Crippen LogP contribution in [0.1, 0.15) is 11.8 Å². The highest BCUT2D eigenvalue weighted by Crippen LogP contribution is 2.24. The summed E-state index contributed by atoms with van der Waals surface area (Å²) < 4.78 is 0. The van der Waals surface area contributed by atoms with Gasteiger partial charge in [-0.3, -0.25) is 4.98 Å². The molecule has 2 heterocycles. The molecule has 2 rings (SSSR count). The van der Waals surface area contributed by atoms with Crippen LogP contribution < -0.4 is 5.32 Å². The molecule has 0 spiro atoms. The van der Waals surface area contributed by atoms with Crippen molar-refractivity contribution < 1.29 is 0 Å². The Bertz CT molecular complexity index is 453. The molecule has 0 aromatic carbocycles. The zero-order chi connectivity index (χ0) is 11.4. The van der Waals surface area contributed by atoms with Crippen molar-refractivity contribution in [1.82, 2.24) is 15.3 Å². The Balaban J connectivity index is 2.15. The lowest BCUT2D eigenvalue weighted by atomic mass is 10.4. The quantitative estimate of drug-likeness (QED) is 0.910. The Hall–Kier alpha value is -0.970. The van der Waals surface area contributed by atoms with Gasteiger partial charge in [-0.05, 0) is 18.7 Å². The van der Waals surface area contributed by atoms with Gasteiger partial charge in [0.1, 0.15) is 5.01 Å². The standard InChI is InChI=1S/C11H12ClN3S/c1-2-13-6-9-7-15-11(16-9)10-4-3-8(12)5-14-10/h3-5,7,13H,2,6H2,1H3. The molecule has 0 radical (unpaired) electrons. The van der Waals surface area contributed by atoms with Gasteiger partial charge in [-0.2, -0.15) is 0 Å². The maximum absolute atomic E-state index is 5.78. The first-order chi connectivity index (χ1) is 7.79. The Morgan fingerprint density at radius 2 is 2.19 bits per heavy atom. The van der Waals surface area contributed by atoms with E-state index in [1.54, 1.807) is 17.5 Å². The molecule has 0 saturated carbocycles. The molecular weight excluding hydrogens is 242 g/mol. The summed E-state index contributed by atoms with van der Waals surface area (Å²) in [6.07, 6.45) is 3.53. The summed E-state index contributed by atoms with van der Waals surface area (Å²) in [6.45, 7) is 3.91. The van der Waals surface area contributed by atoms with Crippen molar-refractivity contribution in [1.29, 1.82) is 0 Å². The van der Waals surface area contributed by atoms with Crippen LogP contribution in [-0.2, 0) is 6.54 Å². The molecule has 0 fully saturated rings. The Morgan fingerprint density at radius 1 is 1.31 bits per heavy atom. The van der Waals surface area contributed by atoms with E-state index in [1.165, 1.54) is 4.88 Å². The van der Waals surface area contributed by atoms with Gasteiger partial charge in [-0.15, -0.1) is 11.3 Å². The minimum Gasteiger partial charge on any atom is -0.312 e. The summed E-state index contributed by atoms with van der Waals surface area (Å²) in [5.74, 6) is 0. The van der Waals surface area contributed by atoms with E-state index in [9.17, 15) is 0 Å². The van der Waals surface area contributed by atoms with Gasteiger partial charge in [-0.1, -0.05) is 18.5 Å². The number of hydrogen-bond acceptors (Lipinski definition) is 4. The van der Waals surface area contributed by atoms with Crippen LogP contribution in [-0.4, -0.2) is 16.5 Å². The van der Waals surface area contributed by atoms with Gasteiger partial charge in [0, 0.05) is 23.8 Å². The Morgan fingerprint density at radius 3 is 2.88 bits per heavy atom. The molecular formula is C11H12ClN3S. The minimum absolute atomic E-state index is 0.646. The van der Waals surface area contributed by atoms with Crippen LogP contribution in [0.4, 0.5) is 0 Å². The molecule has 5 heteroatoms. The van der Waals surface area contributed by atoms with E-state index in [4.69, 9.17) is 11.6 Å². The number of hydrogen-bond donors (Lipinski definition) is 1. The Kier molecular flexibility index (Phi) is 3.88. The molecule has 0 bridgehead atoms. The molecule has 84 valence electrons. The van der Waals surface area contributed by atoms with Gasteiger partial charge in [0.2, 0.25) is 0 Å². The number of nitrogens with zero attached hydrogens (tertiary/aromatic N) is 2. The van der Waals surface area contributed by atoms with Crippen molar-refractivity contribution >= 4 is 22.9 Å². The number of nitrogens with one attached hydrogen (secondary N) is 1. The molecule has 1 N–H and O–H groups in total. The molecule has 0 atom stereocenters. The Labute approximate surface area is 104 Å². The number of aromatic nitrogens is 2. The average molecular weight is 254 g/mol. The van der Waals surface area contributed by atoms with E-state index in [1.807, 2.05) is 18.3 Å². The lowest BCUT2D eigenvalue weighted by Crippen LogP contribution is -2.10. The van der Waals surface area contributed by atoms with Gasteiger partial charge in [0.05, 0.1) is 10.7 Å². The summed E-state index contributed by atoms with van der Waals surface area (Å²) in [7, 11) is 0. The first-order valence-corrected chi connectivity index (χ1v) is 6.26. The molecule has 0 saturated heterocycles. The summed E-state index contributed by atoms with van der Waals surface area (Å²) in [4.78, 5) is 9.80. The highest BCUT2D eigenvalue weighted by atomic mass is 35.5. The second-order valence-corrected chi connectivity index (χ2v) is 4.83. The van der Waals surface area contributed by atoms with E-state index < -0.39 is 0 Å². The minimum atomic E-state index is 0.646. The molecule has 0 amide bonds. The van der Waals surface area contributed by atoms with Gasteiger partial charge in [0.15, 0.2) is 0 Å². The molecule has 2 aromatic heterocycles. The van der Waals surface area contributed by atoms with E-state index in [0.717, 1.165) is 23.8 Å². The fourth-order valence-corrected chi connectivity index (χ4v) is 2.23. The second-order valence-electron chi connectivity index (χ2n) is 3.27. The molecule has 0 aliphatic rings. The van der Waals surface area contributed by atoms with Crippen molar-refractivity contribution in [2.45, 2.75) is 13.5 Å². The fraction of sp³-hybridized carbons (Fsp3) is 0.273. The third kappa shape index (κ3) is 2.78. The van der Waals surface area contributed by atoms with Crippen molar-refractivity contribution in [3.63, 3.8) is 0 Å². The molecule has 3 nitrogen and oxygen atoms in total. The van der Waals surface area contributed by atoms with Gasteiger partial charge >= 0.3 is 0 Å². The average Bonchev–Trinajstić information content (AvgIpc) is 2.76. The lowest BCUT2D eigenvalue weighted by molar-refractivity contribution is 0.734. The van der Waals surface area contributed by atoms with Crippen molar-refractivity contribution in [3.05, 3.63) is 34.4 Å². The molecule has 0 unspecified atom stereocenters. The van der Waals surface area contributed by atoms with Crippen LogP contribution in [0.5, 0.6) is 0 Å². The first-order valence-electron chi connectivity index (χ1n) is 5.07. The van der Waals surface area contributed by atoms with E-state index in [0.29, 0.717) is 5.02 Å². The van der Waals surface area contributed by atoms with Crippen LogP contribution in [0.15, 0.2) is 24.5 Å². The van der Waals surface area contributed by atoms with Crippen molar-refractivity contribution in [2.75, 3.05) is 6.54 Å². The molecule has 16 heavy (non-hydrogen) atoms. The van der Waals surface area contributed by atoms with Crippen LogP contribution >= 0.6 is 22.9 Å². The SMILES string of the molecule is CCNCc1cnc(-c2ccc(Cl)cn2)s1. The van der Waals surface area contributed by atoms with E-state index >= 15 is 0 Å². The van der Waals surface area contributed by atoms with Crippen molar-refractivity contribution in [3.8, 4) is 10.7 Å². The highest BCUT2D eigenvalue weighted by molar-refractivity contribution is 7.14. The number of thiazole rings is 1. The summed E-state index contributed by atoms with van der Waals surface area (Å²) >= 11 is 7.44. The fourth-order valence-electron chi connectivity index (χ4n) is 1.26. The zero-order valence-electron chi connectivity index (χ0n) is 8.90. The molecule has 0 aliphatic heterocycles. The van der Waals surface area contributed by atoms with Gasteiger partial charge < -0.3 is 5.32 Å². The second kappa shape index (κ2) is 5.39. The number of halogens is 1. The smallest absolute Gasteiger partial charge is 0.142 e. The third-order valence-electron chi connectivity index (χ3n) is 2.05. The van der Waals surface area contributed by atoms with Gasteiger partial charge in [0.25, 0.3) is 0 Å². The van der Waals surface area contributed by atoms with Crippen LogP contribution in [0.25, 0.3) is 10.7 Å². The first kappa shape index (κ1) is 11.5. The monoisotopic (exact) mass is 253 g/mol. The molecule has 0 aliphatic carbocycles. The van der Waals surface area contributed by atoms with E-state index in [-0.39, 0.29) is 0 Å². The lowest BCUT2D eigenvalue weighted by Gasteiger charge is -1.96. The maximum atomic E-state index is 5.78. The van der Waals surface area contributed by atoms with E-state index in [2.05, 4.69) is 22.2 Å². The zero-order valence-corrected chi connectivity index (χ0v) is 10.5. The van der Waals surface area contributed by atoms with Crippen LogP contribution in [0.3, 0.4) is 0 Å². The predicted octanol–water partition coefficient (Wildman–Crippen LogP) is 2.97. The van der Waals surface area contributed by atoms with Crippen LogP contribution in [0.2, 0.25) is 5.02 Å². The number of pyridine rings is 1. The largest absolute Gasteiger partial charge is 0.312 e. The van der Waals surface area contributed by atoms with Gasteiger partial charge in [-0.25, -0.2) is 4.98 Å². The maximum Gasteiger partial charge on any atom is 0.142 e. The summed E-state index contributed by atoms with van der Waals surface area (Å²) in [5, 5.41) is 4.85. The third-order valence-corrected chi connectivity index (χ3v) is 3.29. The molecule has 2 aromatic rings.